The maximum absolute atomic E-state index is 12.5. The van der Waals surface area contributed by atoms with E-state index in [4.69, 9.17) is 4.74 Å². The number of amides is 1. The SMILES string of the molecule is CCc1nc(SCc2ccc(NC(=O)c3cccc(OC(C)C)c3)cc2)n[nH]1. The summed E-state index contributed by atoms with van der Waals surface area (Å²) in [5.74, 6) is 2.19. The summed E-state index contributed by atoms with van der Waals surface area (Å²) in [6.07, 6.45) is 0.906. The molecule has 3 rings (SSSR count). The van der Waals surface area contributed by atoms with E-state index in [-0.39, 0.29) is 12.0 Å². The number of benzene rings is 2. The predicted molar refractivity (Wildman–Crippen MR) is 112 cm³/mol. The first-order valence-electron chi connectivity index (χ1n) is 9.24. The Kier molecular flexibility index (Phi) is 6.71. The summed E-state index contributed by atoms with van der Waals surface area (Å²) in [7, 11) is 0. The average Bonchev–Trinajstić information content (AvgIpc) is 3.15. The van der Waals surface area contributed by atoms with Crippen molar-refractivity contribution in [3.63, 3.8) is 0 Å². The monoisotopic (exact) mass is 396 g/mol. The Hall–Kier alpha value is -2.80. The minimum Gasteiger partial charge on any atom is -0.491 e. The van der Waals surface area contributed by atoms with Crippen molar-refractivity contribution in [2.75, 3.05) is 5.32 Å². The molecule has 28 heavy (non-hydrogen) atoms. The van der Waals surface area contributed by atoms with Crippen LogP contribution in [-0.4, -0.2) is 27.2 Å². The number of carbonyl (C=O) groups is 1. The third kappa shape index (κ3) is 5.60. The first-order chi connectivity index (χ1) is 13.5. The number of aromatic amines is 1. The summed E-state index contributed by atoms with van der Waals surface area (Å²) in [6, 6.07) is 15.0. The summed E-state index contributed by atoms with van der Waals surface area (Å²) in [5.41, 5.74) is 2.45. The zero-order valence-corrected chi connectivity index (χ0v) is 17.0. The largest absolute Gasteiger partial charge is 0.491 e. The van der Waals surface area contributed by atoms with Gasteiger partial charge in [0.1, 0.15) is 11.6 Å². The maximum Gasteiger partial charge on any atom is 0.255 e. The lowest BCUT2D eigenvalue weighted by molar-refractivity contribution is 0.102. The number of hydrogen-bond donors (Lipinski definition) is 2. The highest BCUT2D eigenvalue weighted by Crippen LogP contribution is 2.21. The topological polar surface area (TPSA) is 79.9 Å². The Morgan fingerprint density at radius 3 is 2.68 bits per heavy atom. The van der Waals surface area contributed by atoms with Crippen LogP contribution in [0, 0.1) is 0 Å². The molecule has 0 atom stereocenters. The van der Waals surface area contributed by atoms with Gasteiger partial charge in [-0.2, -0.15) is 0 Å². The van der Waals surface area contributed by atoms with Crippen LogP contribution in [0.3, 0.4) is 0 Å². The highest BCUT2D eigenvalue weighted by molar-refractivity contribution is 7.98. The molecular weight excluding hydrogens is 372 g/mol. The molecule has 1 amide bonds. The molecular formula is C21H24N4O2S. The highest BCUT2D eigenvalue weighted by Gasteiger charge is 2.09. The van der Waals surface area contributed by atoms with Crippen LogP contribution >= 0.6 is 11.8 Å². The van der Waals surface area contributed by atoms with Crippen molar-refractivity contribution in [1.29, 1.82) is 0 Å². The van der Waals surface area contributed by atoms with Gasteiger partial charge >= 0.3 is 0 Å². The number of hydrogen-bond acceptors (Lipinski definition) is 5. The van der Waals surface area contributed by atoms with Crippen LogP contribution in [0.25, 0.3) is 0 Å². The molecule has 6 nitrogen and oxygen atoms in total. The van der Waals surface area contributed by atoms with Crippen molar-refractivity contribution in [3.05, 3.63) is 65.5 Å². The number of aromatic nitrogens is 3. The Morgan fingerprint density at radius 1 is 1.21 bits per heavy atom. The second kappa shape index (κ2) is 9.41. The van der Waals surface area contributed by atoms with E-state index in [1.165, 1.54) is 0 Å². The number of thioether (sulfide) groups is 1. The number of anilines is 1. The van der Waals surface area contributed by atoms with Crippen molar-refractivity contribution < 1.29 is 9.53 Å². The number of ether oxygens (including phenoxy) is 1. The first kappa shape index (κ1) is 19.9. The van der Waals surface area contributed by atoms with Crippen LogP contribution in [0.15, 0.2) is 53.7 Å². The van der Waals surface area contributed by atoms with Crippen LogP contribution in [0.1, 0.15) is 42.5 Å². The molecule has 0 aliphatic carbocycles. The summed E-state index contributed by atoms with van der Waals surface area (Å²) >= 11 is 1.58. The molecule has 2 aromatic carbocycles. The number of aryl methyl sites for hydroxylation is 1. The summed E-state index contributed by atoms with van der Waals surface area (Å²) in [4.78, 5) is 16.9. The van der Waals surface area contributed by atoms with Gasteiger partial charge in [-0.15, -0.1) is 5.10 Å². The van der Waals surface area contributed by atoms with Gasteiger partial charge in [0.05, 0.1) is 6.10 Å². The Labute approximate surface area is 169 Å². The molecule has 1 aromatic heterocycles. The second-order valence-corrected chi connectivity index (χ2v) is 7.49. The Balaban J connectivity index is 1.57. The van der Waals surface area contributed by atoms with E-state index in [1.54, 1.807) is 23.9 Å². The number of nitrogens with zero attached hydrogens (tertiary/aromatic N) is 2. The second-order valence-electron chi connectivity index (χ2n) is 6.55. The van der Waals surface area contributed by atoms with Gasteiger partial charge in [-0.25, -0.2) is 4.98 Å². The number of carbonyl (C=O) groups excluding carboxylic acids is 1. The molecule has 0 fully saturated rings. The van der Waals surface area contributed by atoms with E-state index >= 15 is 0 Å². The van der Waals surface area contributed by atoms with E-state index in [0.29, 0.717) is 11.3 Å². The van der Waals surface area contributed by atoms with Crippen molar-refractivity contribution >= 4 is 23.4 Å². The summed E-state index contributed by atoms with van der Waals surface area (Å²) in [5, 5.41) is 10.8. The van der Waals surface area contributed by atoms with Gasteiger partial charge in [0.15, 0.2) is 0 Å². The molecule has 3 aromatic rings. The van der Waals surface area contributed by atoms with Gasteiger partial charge in [0.25, 0.3) is 5.91 Å². The number of rotatable bonds is 8. The van der Waals surface area contributed by atoms with Crippen molar-refractivity contribution in [3.8, 4) is 5.75 Å². The van der Waals surface area contributed by atoms with Crippen LogP contribution in [0.5, 0.6) is 5.75 Å². The quantitative estimate of drug-likeness (QED) is 0.540. The minimum atomic E-state index is -0.163. The van der Waals surface area contributed by atoms with E-state index < -0.39 is 0 Å². The van der Waals surface area contributed by atoms with E-state index in [9.17, 15) is 4.79 Å². The fraction of sp³-hybridized carbons (Fsp3) is 0.286. The molecule has 0 saturated heterocycles. The van der Waals surface area contributed by atoms with Crippen molar-refractivity contribution in [2.45, 2.75) is 44.2 Å². The molecule has 1 heterocycles. The maximum atomic E-state index is 12.5. The van der Waals surface area contributed by atoms with Gasteiger partial charge in [-0.05, 0) is 49.7 Å². The van der Waals surface area contributed by atoms with Crippen LogP contribution < -0.4 is 10.1 Å². The van der Waals surface area contributed by atoms with Gasteiger partial charge in [0.2, 0.25) is 5.16 Å². The fourth-order valence-corrected chi connectivity index (χ4v) is 3.29. The lowest BCUT2D eigenvalue weighted by Gasteiger charge is -2.11. The highest BCUT2D eigenvalue weighted by atomic mass is 32.2. The first-order valence-corrected chi connectivity index (χ1v) is 10.2. The van der Waals surface area contributed by atoms with Crippen LogP contribution in [0.2, 0.25) is 0 Å². The average molecular weight is 397 g/mol. The molecule has 0 aliphatic rings. The van der Waals surface area contributed by atoms with Crippen LogP contribution in [0.4, 0.5) is 5.69 Å². The zero-order valence-electron chi connectivity index (χ0n) is 16.2. The van der Waals surface area contributed by atoms with Crippen molar-refractivity contribution in [1.82, 2.24) is 15.2 Å². The van der Waals surface area contributed by atoms with E-state index in [0.717, 1.165) is 34.4 Å². The zero-order chi connectivity index (χ0) is 19.9. The van der Waals surface area contributed by atoms with Crippen LogP contribution in [-0.2, 0) is 12.2 Å². The summed E-state index contributed by atoms with van der Waals surface area (Å²) < 4.78 is 5.65. The van der Waals surface area contributed by atoms with Crippen molar-refractivity contribution in [2.24, 2.45) is 0 Å². The number of H-pyrrole nitrogens is 1. The van der Waals surface area contributed by atoms with E-state index in [2.05, 4.69) is 20.5 Å². The summed E-state index contributed by atoms with van der Waals surface area (Å²) in [6.45, 7) is 5.95. The molecule has 0 bridgehead atoms. The van der Waals surface area contributed by atoms with Gasteiger partial charge in [-0.3, -0.25) is 9.89 Å². The van der Waals surface area contributed by atoms with Gasteiger partial charge in [0, 0.05) is 23.4 Å². The lowest BCUT2D eigenvalue weighted by Crippen LogP contribution is -2.12. The third-order valence-electron chi connectivity index (χ3n) is 3.89. The predicted octanol–water partition coefficient (Wildman–Crippen LogP) is 4.70. The molecule has 7 heteroatoms. The van der Waals surface area contributed by atoms with Gasteiger partial charge in [-0.1, -0.05) is 36.9 Å². The molecule has 0 saturated carbocycles. The lowest BCUT2D eigenvalue weighted by atomic mass is 10.2. The molecule has 0 spiro atoms. The molecule has 146 valence electrons. The molecule has 2 N–H and O–H groups in total. The Bertz CT molecular complexity index is 922. The Morgan fingerprint density at radius 2 is 2.00 bits per heavy atom. The van der Waals surface area contributed by atoms with E-state index in [1.807, 2.05) is 57.2 Å². The number of nitrogens with one attached hydrogen (secondary N) is 2. The fourth-order valence-electron chi connectivity index (χ4n) is 2.52. The molecule has 0 unspecified atom stereocenters. The standard InChI is InChI=1S/C21H24N4O2S/c1-4-19-23-21(25-24-19)28-13-15-8-10-17(11-9-15)22-20(26)16-6-5-7-18(12-16)27-14(2)3/h5-12,14H,4,13H2,1-3H3,(H,22,26)(H,23,24,25). The molecule has 0 aliphatic heterocycles. The smallest absolute Gasteiger partial charge is 0.255 e. The normalized spacial score (nSPS) is 10.9. The minimum absolute atomic E-state index is 0.0638. The molecule has 0 radical (unpaired) electrons. The van der Waals surface area contributed by atoms with Gasteiger partial charge < -0.3 is 10.1 Å². The third-order valence-corrected chi connectivity index (χ3v) is 4.81.